The molecule has 2 aromatic rings. The maximum atomic E-state index is 12.2. The predicted octanol–water partition coefficient (Wildman–Crippen LogP) is 2.60. The molecule has 0 aliphatic carbocycles. The minimum absolute atomic E-state index is 0.0283. The molecule has 1 unspecified atom stereocenters. The number of methoxy groups -OCH3 is 1. The summed E-state index contributed by atoms with van der Waals surface area (Å²) in [6.45, 7) is 0.436. The maximum absolute atomic E-state index is 12.2. The normalized spacial score (nSPS) is 11.7. The Bertz CT molecular complexity index is 673. The molecule has 5 heteroatoms. The van der Waals surface area contributed by atoms with Gasteiger partial charge >= 0.3 is 0 Å². The first-order valence-electron chi connectivity index (χ1n) is 7.35. The molecule has 0 saturated carbocycles. The second kappa shape index (κ2) is 8.48. The highest BCUT2D eigenvalue weighted by Gasteiger charge is 2.15. The first kappa shape index (κ1) is 17.2. The highest BCUT2D eigenvalue weighted by atomic mass is 32.2. The van der Waals surface area contributed by atoms with Crippen molar-refractivity contribution in [2.24, 2.45) is 0 Å². The van der Waals surface area contributed by atoms with Gasteiger partial charge in [0.25, 0.3) is 0 Å². The Morgan fingerprint density at radius 3 is 2.43 bits per heavy atom. The van der Waals surface area contributed by atoms with Crippen LogP contribution in [0.1, 0.15) is 11.1 Å². The minimum Gasteiger partial charge on any atom is -0.496 e. The molecular weight excluding hydrogens is 310 g/mol. The van der Waals surface area contributed by atoms with Crippen molar-refractivity contribution in [1.29, 1.82) is 0 Å². The van der Waals surface area contributed by atoms with Crippen molar-refractivity contribution in [2.75, 3.05) is 19.9 Å². The molecule has 23 heavy (non-hydrogen) atoms. The van der Waals surface area contributed by atoms with E-state index in [1.807, 2.05) is 54.6 Å². The smallest absolute Gasteiger partial charge is 0.235 e. The number of carbonyl (C=O) groups excluding carboxylic acids is 1. The molecule has 122 valence electrons. The van der Waals surface area contributed by atoms with E-state index in [0.717, 1.165) is 16.9 Å². The van der Waals surface area contributed by atoms with Crippen LogP contribution in [0.5, 0.6) is 5.75 Å². The molecule has 0 radical (unpaired) electrons. The van der Waals surface area contributed by atoms with Crippen LogP contribution in [0.25, 0.3) is 0 Å². The summed E-state index contributed by atoms with van der Waals surface area (Å²) in [5.74, 6) is 1.04. The molecule has 1 amide bonds. The lowest BCUT2D eigenvalue weighted by Gasteiger charge is -2.18. The molecule has 0 saturated heterocycles. The molecule has 0 N–H and O–H groups in total. The van der Waals surface area contributed by atoms with Gasteiger partial charge in [-0.05, 0) is 11.6 Å². The summed E-state index contributed by atoms with van der Waals surface area (Å²) >= 11 is 0. The van der Waals surface area contributed by atoms with Crippen molar-refractivity contribution in [3.63, 3.8) is 0 Å². The lowest BCUT2D eigenvalue weighted by atomic mass is 10.2. The van der Waals surface area contributed by atoms with Gasteiger partial charge in [-0.1, -0.05) is 48.5 Å². The summed E-state index contributed by atoms with van der Waals surface area (Å²) in [4.78, 5) is 13.8. The second-order valence-electron chi connectivity index (χ2n) is 5.28. The second-order valence-corrected chi connectivity index (χ2v) is 6.73. The molecule has 0 heterocycles. The van der Waals surface area contributed by atoms with E-state index >= 15 is 0 Å². The molecule has 0 spiro atoms. The van der Waals surface area contributed by atoms with E-state index in [-0.39, 0.29) is 11.7 Å². The highest BCUT2D eigenvalue weighted by Crippen LogP contribution is 2.18. The first-order valence-corrected chi connectivity index (χ1v) is 8.83. The zero-order valence-corrected chi connectivity index (χ0v) is 14.2. The van der Waals surface area contributed by atoms with Gasteiger partial charge in [0.05, 0.1) is 7.11 Å². The van der Waals surface area contributed by atoms with Crippen LogP contribution in [-0.4, -0.2) is 34.9 Å². The van der Waals surface area contributed by atoms with Crippen molar-refractivity contribution >= 4 is 16.7 Å². The third kappa shape index (κ3) is 5.21. The largest absolute Gasteiger partial charge is 0.496 e. The fraction of sp³-hybridized carbons (Fsp3) is 0.278. The van der Waals surface area contributed by atoms with E-state index in [0.29, 0.717) is 12.3 Å². The van der Waals surface area contributed by atoms with Crippen LogP contribution in [0.4, 0.5) is 0 Å². The maximum Gasteiger partial charge on any atom is 0.235 e. The molecule has 0 aromatic heterocycles. The molecular formula is C18H21NO3S. The van der Waals surface area contributed by atoms with E-state index in [1.54, 1.807) is 19.1 Å². The van der Waals surface area contributed by atoms with Crippen molar-refractivity contribution < 1.29 is 13.7 Å². The van der Waals surface area contributed by atoms with Gasteiger partial charge in [0.15, 0.2) is 0 Å². The molecule has 0 bridgehead atoms. The molecule has 2 aromatic carbocycles. The fourth-order valence-corrected chi connectivity index (χ4v) is 3.40. The third-order valence-corrected chi connectivity index (χ3v) is 4.70. The molecule has 1 atom stereocenters. The summed E-state index contributed by atoms with van der Waals surface area (Å²) < 4.78 is 17.4. The molecule has 0 aliphatic rings. The van der Waals surface area contributed by atoms with Gasteiger partial charge in [-0.15, -0.1) is 0 Å². The van der Waals surface area contributed by atoms with Gasteiger partial charge < -0.3 is 9.64 Å². The van der Waals surface area contributed by atoms with Crippen LogP contribution < -0.4 is 4.74 Å². The number of amides is 1. The van der Waals surface area contributed by atoms with Crippen molar-refractivity contribution in [2.45, 2.75) is 12.3 Å². The monoisotopic (exact) mass is 331 g/mol. The lowest BCUT2D eigenvalue weighted by molar-refractivity contribution is -0.127. The van der Waals surface area contributed by atoms with Crippen LogP contribution in [0.15, 0.2) is 54.6 Å². The number of hydrogen-bond donors (Lipinski definition) is 0. The van der Waals surface area contributed by atoms with Gasteiger partial charge in [0, 0.05) is 35.7 Å². The van der Waals surface area contributed by atoms with E-state index in [4.69, 9.17) is 4.74 Å². The fourth-order valence-electron chi connectivity index (χ4n) is 2.24. The van der Waals surface area contributed by atoms with Gasteiger partial charge in [0.2, 0.25) is 5.91 Å². The van der Waals surface area contributed by atoms with Gasteiger partial charge in [-0.25, -0.2) is 0 Å². The standard InChI is InChI=1S/C18H21NO3S/c1-19(12-16-10-6-7-11-17(16)22-2)18(20)14-23(21)13-15-8-4-3-5-9-15/h3-11H,12-14H2,1-2H3. The van der Waals surface area contributed by atoms with E-state index < -0.39 is 10.8 Å². The molecule has 2 rings (SSSR count). The van der Waals surface area contributed by atoms with Gasteiger partial charge in [0.1, 0.15) is 11.5 Å². The summed E-state index contributed by atoms with van der Waals surface area (Å²) in [5.41, 5.74) is 1.91. The lowest BCUT2D eigenvalue weighted by Crippen LogP contribution is -2.30. The Morgan fingerprint density at radius 1 is 1.09 bits per heavy atom. The van der Waals surface area contributed by atoms with E-state index in [9.17, 15) is 9.00 Å². The number of benzene rings is 2. The number of rotatable bonds is 7. The number of para-hydroxylation sites is 1. The molecule has 0 aliphatic heterocycles. The Morgan fingerprint density at radius 2 is 1.74 bits per heavy atom. The van der Waals surface area contributed by atoms with Crippen LogP contribution in [0.3, 0.4) is 0 Å². The quantitative estimate of drug-likeness (QED) is 0.783. The number of nitrogens with zero attached hydrogens (tertiary/aromatic N) is 1. The van der Waals surface area contributed by atoms with Crippen LogP contribution >= 0.6 is 0 Å². The summed E-state index contributed by atoms with van der Waals surface area (Å²) in [6.07, 6.45) is 0. The average molecular weight is 331 g/mol. The molecule has 4 nitrogen and oxygen atoms in total. The summed E-state index contributed by atoms with van der Waals surface area (Å²) in [7, 11) is 2.11. The van der Waals surface area contributed by atoms with Crippen LogP contribution in [0.2, 0.25) is 0 Å². The van der Waals surface area contributed by atoms with Crippen molar-refractivity contribution in [1.82, 2.24) is 4.90 Å². The predicted molar refractivity (Wildman–Crippen MR) is 92.6 cm³/mol. The zero-order chi connectivity index (χ0) is 16.7. The third-order valence-electron chi connectivity index (χ3n) is 3.48. The molecule has 0 fully saturated rings. The van der Waals surface area contributed by atoms with E-state index in [2.05, 4.69) is 0 Å². The minimum atomic E-state index is -1.21. The van der Waals surface area contributed by atoms with Crippen LogP contribution in [0, 0.1) is 0 Å². The zero-order valence-electron chi connectivity index (χ0n) is 13.4. The van der Waals surface area contributed by atoms with Crippen molar-refractivity contribution in [3.05, 3.63) is 65.7 Å². The number of ether oxygens (including phenoxy) is 1. The first-order chi connectivity index (χ1) is 11.1. The van der Waals surface area contributed by atoms with Crippen molar-refractivity contribution in [3.8, 4) is 5.75 Å². The average Bonchev–Trinajstić information content (AvgIpc) is 2.56. The number of hydrogen-bond acceptors (Lipinski definition) is 3. The Balaban J connectivity index is 1.91. The Hall–Kier alpha value is -2.14. The highest BCUT2D eigenvalue weighted by molar-refractivity contribution is 7.84. The Kier molecular flexibility index (Phi) is 6.35. The summed E-state index contributed by atoms with van der Waals surface area (Å²) in [5, 5.41) is 0. The van der Waals surface area contributed by atoms with Crippen LogP contribution in [-0.2, 0) is 27.9 Å². The van der Waals surface area contributed by atoms with E-state index in [1.165, 1.54) is 0 Å². The topological polar surface area (TPSA) is 46.6 Å². The van der Waals surface area contributed by atoms with Gasteiger partial charge in [-0.2, -0.15) is 0 Å². The Labute approximate surface area is 139 Å². The summed E-state index contributed by atoms with van der Waals surface area (Å²) in [6, 6.07) is 17.1. The number of carbonyl (C=O) groups is 1. The van der Waals surface area contributed by atoms with Gasteiger partial charge in [-0.3, -0.25) is 9.00 Å². The SMILES string of the molecule is COc1ccccc1CN(C)C(=O)CS(=O)Cc1ccccc1.